The van der Waals surface area contributed by atoms with Gasteiger partial charge in [0, 0.05) is 23.8 Å². The molecule has 7 heteroatoms. The van der Waals surface area contributed by atoms with Crippen LogP contribution in [0.1, 0.15) is 50.4 Å². The lowest BCUT2D eigenvalue weighted by Crippen LogP contribution is -2.31. The number of aryl methyl sites for hydroxylation is 1. The summed E-state index contributed by atoms with van der Waals surface area (Å²) in [6.45, 7) is 2.62. The topological polar surface area (TPSA) is 72.4 Å². The largest absolute Gasteiger partial charge is 0.465 e. The van der Waals surface area contributed by atoms with Crippen molar-refractivity contribution in [3.8, 4) is 0 Å². The summed E-state index contributed by atoms with van der Waals surface area (Å²) in [7, 11) is 1.31. The summed E-state index contributed by atoms with van der Waals surface area (Å²) in [5.41, 5.74) is 1.55. The first-order valence-corrected chi connectivity index (χ1v) is 8.25. The Hall–Kier alpha value is -2.28. The number of hydrogen-bond donors (Lipinski definition) is 0. The molecule has 1 atom stereocenters. The van der Waals surface area contributed by atoms with E-state index in [2.05, 4.69) is 14.7 Å². The van der Waals surface area contributed by atoms with Gasteiger partial charge in [0.25, 0.3) is 5.91 Å². The smallest absolute Gasteiger partial charge is 0.337 e. The summed E-state index contributed by atoms with van der Waals surface area (Å²) >= 11 is 1.58. The van der Waals surface area contributed by atoms with Crippen LogP contribution in [0.25, 0.3) is 0 Å². The van der Waals surface area contributed by atoms with E-state index in [0.29, 0.717) is 12.1 Å². The molecule has 3 heterocycles. The third kappa shape index (κ3) is 3.10. The van der Waals surface area contributed by atoms with E-state index in [-0.39, 0.29) is 17.6 Å². The number of pyridine rings is 1. The predicted molar refractivity (Wildman–Crippen MR) is 85.4 cm³/mol. The summed E-state index contributed by atoms with van der Waals surface area (Å²) in [6, 6.07) is 3.01. The van der Waals surface area contributed by atoms with Crippen molar-refractivity contribution in [2.45, 2.75) is 25.8 Å². The maximum Gasteiger partial charge on any atom is 0.337 e. The van der Waals surface area contributed by atoms with E-state index in [1.165, 1.54) is 25.4 Å². The van der Waals surface area contributed by atoms with Crippen LogP contribution in [0.15, 0.2) is 23.7 Å². The zero-order valence-corrected chi connectivity index (χ0v) is 13.8. The number of carbonyl (C=O) groups excluding carboxylic acids is 2. The van der Waals surface area contributed by atoms with E-state index in [9.17, 15) is 9.59 Å². The number of hydrogen-bond acceptors (Lipinski definition) is 6. The quantitative estimate of drug-likeness (QED) is 0.808. The molecule has 1 saturated heterocycles. The Morgan fingerprint density at radius 1 is 1.43 bits per heavy atom. The number of methoxy groups -OCH3 is 1. The highest BCUT2D eigenvalue weighted by Gasteiger charge is 2.33. The van der Waals surface area contributed by atoms with Crippen molar-refractivity contribution in [1.82, 2.24) is 14.9 Å². The van der Waals surface area contributed by atoms with E-state index >= 15 is 0 Å². The monoisotopic (exact) mass is 331 g/mol. The molecule has 2 aromatic rings. The molecule has 1 fully saturated rings. The third-order valence-electron chi connectivity index (χ3n) is 3.84. The molecular weight excluding hydrogens is 314 g/mol. The zero-order chi connectivity index (χ0) is 16.4. The van der Waals surface area contributed by atoms with Crippen molar-refractivity contribution in [3.63, 3.8) is 0 Å². The molecule has 2 aromatic heterocycles. The van der Waals surface area contributed by atoms with Crippen molar-refractivity contribution < 1.29 is 14.3 Å². The maximum atomic E-state index is 12.8. The molecule has 0 aromatic carbocycles. The Morgan fingerprint density at radius 3 is 2.96 bits per heavy atom. The Labute approximate surface area is 138 Å². The minimum atomic E-state index is -0.477. The molecule has 3 rings (SSSR count). The molecule has 1 aliphatic heterocycles. The average molecular weight is 331 g/mol. The van der Waals surface area contributed by atoms with Crippen molar-refractivity contribution in [3.05, 3.63) is 45.7 Å². The maximum absolute atomic E-state index is 12.8. The lowest BCUT2D eigenvalue weighted by atomic mass is 10.2. The Kier molecular flexibility index (Phi) is 4.38. The number of carbonyl (C=O) groups is 2. The number of rotatable bonds is 3. The van der Waals surface area contributed by atoms with Crippen molar-refractivity contribution in [2.24, 2.45) is 0 Å². The second-order valence-electron chi connectivity index (χ2n) is 5.41. The molecule has 0 bridgehead atoms. The van der Waals surface area contributed by atoms with E-state index in [0.717, 1.165) is 23.5 Å². The minimum Gasteiger partial charge on any atom is -0.465 e. The second kappa shape index (κ2) is 6.45. The van der Waals surface area contributed by atoms with E-state index in [1.807, 2.05) is 12.3 Å². The molecule has 120 valence electrons. The van der Waals surface area contributed by atoms with Crippen LogP contribution in [0.4, 0.5) is 0 Å². The molecule has 0 saturated carbocycles. The fourth-order valence-electron chi connectivity index (χ4n) is 2.73. The number of likely N-dealkylation sites (tertiary alicyclic amines) is 1. The van der Waals surface area contributed by atoms with Gasteiger partial charge in [-0.2, -0.15) is 0 Å². The highest BCUT2D eigenvalue weighted by molar-refractivity contribution is 7.09. The third-order valence-corrected chi connectivity index (χ3v) is 4.90. The number of ether oxygens (including phenoxy) is 1. The zero-order valence-electron chi connectivity index (χ0n) is 13.0. The molecule has 0 aliphatic carbocycles. The van der Waals surface area contributed by atoms with Crippen LogP contribution >= 0.6 is 11.3 Å². The molecular formula is C16H17N3O3S. The van der Waals surface area contributed by atoms with Crippen molar-refractivity contribution in [1.29, 1.82) is 0 Å². The summed E-state index contributed by atoms with van der Waals surface area (Å²) in [4.78, 5) is 34.8. The fourth-order valence-corrected chi connectivity index (χ4v) is 3.67. The van der Waals surface area contributed by atoms with Gasteiger partial charge in [-0.3, -0.25) is 9.78 Å². The van der Waals surface area contributed by atoms with Gasteiger partial charge in [0.1, 0.15) is 10.7 Å². The second-order valence-corrected chi connectivity index (χ2v) is 6.29. The van der Waals surface area contributed by atoms with Gasteiger partial charge >= 0.3 is 5.97 Å². The normalized spacial score (nSPS) is 17.3. The summed E-state index contributed by atoms with van der Waals surface area (Å²) < 4.78 is 4.69. The van der Waals surface area contributed by atoms with Crippen LogP contribution in [-0.4, -0.2) is 40.4 Å². The number of thiazole rings is 1. The van der Waals surface area contributed by atoms with Crippen molar-refractivity contribution in [2.75, 3.05) is 13.7 Å². The van der Waals surface area contributed by atoms with Gasteiger partial charge in [0.2, 0.25) is 0 Å². The standard InChI is InChI=1S/C16H17N3O3S/c1-10-9-23-14(18-10)13-4-3-7-19(13)15(20)12-8-11(5-6-17-12)16(21)22-2/h5-6,8-9,13H,3-4,7H2,1-2H3/t13-/m1/s1. The highest BCUT2D eigenvalue weighted by atomic mass is 32.1. The molecule has 1 amide bonds. The number of amides is 1. The van der Waals surface area contributed by atoms with Crippen LogP contribution in [0.3, 0.4) is 0 Å². The molecule has 1 aliphatic rings. The van der Waals surface area contributed by atoms with Gasteiger partial charge in [0.15, 0.2) is 0 Å². The number of nitrogens with zero attached hydrogens (tertiary/aromatic N) is 3. The highest BCUT2D eigenvalue weighted by Crippen LogP contribution is 2.34. The van der Waals surface area contributed by atoms with Gasteiger partial charge in [-0.1, -0.05) is 0 Å². The van der Waals surface area contributed by atoms with Crippen LogP contribution in [0.5, 0.6) is 0 Å². The molecule has 0 unspecified atom stereocenters. The van der Waals surface area contributed by atoms with Gasteiger partial charge in [0.05, 0.1) is 18.7 Å². The summed E-state index contributed by atoms with van der Waals surface area (Å²) in [6.07, 6.45) is 3.29. The fraction of sp³-hybridized carbons (Fsp3) is 0.375. The van der Waals surface area contributed by atoms with Gasteiger partial charge in [-0.15, -0.1) is 11.3 Å². The first kappa shape index (κ1) is 15.6. The Balaban J connectivity index is 1.86. The lowest BCUT2D eigenvalue weighted by Gasteiger charge is -2.22. The van der Waals surface area contributed by atoms with E-state index in [4.69, 9.17) is 0 Å². The van der Waals surface area contributed by atoms with Crippen LogP contribution in [0, 0.1) is 6.92 Å². The first-order valence-electron chi connectivity index (χ1n) is 7.37. The number of aromatic nitrogens is 2. The first-order chi connectivity index (χ1) is 11.1. The molecule has 0 spiro atoms. The summed E-state index contributed by atoms with van der Waals surface area (Å²) in [5.74, 6) is -0.652. The minimum absolute atomic E-state index is 0.00946. The van der Waals surface area contributed by atoms with Crippen molar-refractivity contribution >= 4 is 23.2 Å². The van der Waals surface area contributed by atoms with Gasteiger partial charge < -0.3 is 9.64 Å². The van der Waals surface area contributed by atoms with Crippen LogP contribution in [0.2, 0.25) is 0 Å². The van der Waals surface area contributed by atoms with E-state index in [1.54, 1.807) is 16.2 Å². The Bertz CT molecular complexity index is 744. The number of esters is 1. The van der Waals surface area contributed by atoms with E-state index < -0.39 is 5.97 Å². The SMILES string of the molecule is COC(=O)c1ccnc(C(=O)N2CCC[C@@H]2c2nc(C)cs2)c1. The van der Waals surface area contributed by atoms with Crippen LogP contribution in [-0.2, 0) is 4.74 Å². The summed E-state index contributed by atoms with van der Waals surface area (Å²) in [5, 5.41) is 2.95. The predicted octanol–water partition coefficient (Wildman–Crippen LogP) is 2.61. The molecule has 0 radical (unpaired) electrons. The van der Waals surface area contributed by atoms with Gasteiger partial charge in [-0.25, -0.2) is 9.78 Å². The molecule has 23 heavy (non-hydrogen) atoms. The van der Waals surface area contributed by atoms with Gasteiger partial charge in [-0.05, 0) is 31.9 Å². The molecule has 0 N–H and O–H groups in total. The van der Waals surface area contributed by atoms with Crippen LogP contribution < -0.4 is 0 Å². The molecule has 6 nitrogen and oxygen atoms in total. The lowest BCUT2D eigenvalue weighted by molar-refractivity contribution is 0.0600. The average Bonchev–Trinajstić information content (AvgIpc) is 3.22. The Morgan fingerprint density at radius 2 is 2.26 bits per heavy atom.